The lowest BCUT2D eigenvalue weighted by atomic mass is 9.94. The van der Waals surface area contributed by atoms with E-state index < -0.39 is 0 Å². The van der Waals surface area contributed by atoms with Gasteiger partial charge in [-0.2, -0.15) is 0 Å². The number of hydrogen-bond acceptors (Lipinski definition) is 2. The monoisotopic (exact) mass is 213 g/mol. The molecule has 82 valence electrons. The highest BCUT2D eigenvalue weighted by Gasteiger charge is 2.15. The van der Waals surface area contributed by atoms with Crippen LogP contribution in [0.5, 0.6) is 0 Å². The van der Waals surface area contributed by atoms with Crippen molar-refractivity contribution in [2.75, 3.05) is 0 Å². The normalized spacial score (nSPS) is 14.8. The first kappa shape index (κ1) is 9.58. The van der Waals surface area contributed by atoms with E-state index in [0.717, 1.165) is 25.7 Å². The standard InChI is InChI=1S/C13H15N3/c1-16-13-9-7-11-5-3-2-4-10(11)6-8-12(13)14-15-16/h2-5H,6-9H2,1H3. The second-order valence-electron chi connectivity index (χ2n) is 4.38. The molecule has 0 unspecified atom stereocenters. The Morgan fingerprint density at radius 1 is 1.00 bits per heavy atom. The average Bonchev–Trinajstić information content (AvgIpc) is 2.62. The van der Waals surface area contributed by atoms with Gasteiger partial charge in [-0.3, -0.25) is 4.68 Å². The van der Waals surface area contributed by atoms with Gasteiger partial charge in [0.2, 0.25) is 0 Å². The Morgan fingerprint density at radius 3 is 2.44 bits per heavy atom. The zero-order valence-corrected chi connectivity index (χ0v) is 9.48. The second-order valence-corrected chi connectivity index (χ2v) is 4.38. The van der Waals surface area contributed by atoms with E-state index in [1.165, 1.54) is 22.5 Å². The van der Waals surface area contributed by atoms with Gasteiger partial charge < -0.3 is 0 Å². The summed E-state index contributed by atoms with van der Waals surface area (Å²) in [5.41, 5.74) is 5.43. The Kier molecular flexibility index (Phi) is 2.24. The third-order valence-corrected chi connectivity index (χ3v) is 3.40. The number of nitrogens with zero attached hydrogens (tertiary/aromatic N) is 3. The molecule has 0 bridgehead atoms. The van der Waals surface area contributed by atoms with Crippen LogP contribution in [0.3, 0.4) is 0 Å². The highest BCUT2D eigenvalue weighted by Crippen LogP contribution is 2.19. The van der Waals surface area contributed by atoms with Crippen molar-refractivity contribution in [3.8, 4) is 0 Å². The van der Waals surface area contributed by atoms with E-state index in [9.17, 15) is 0 Å². The van der Waals surface area contributed by atoms with Crippen molar-refractivity contribution in [2.24, 2.45) is 7.05 Å². The van der Waals surface area contributed by atoms with Crippen LogP contribution in [-0.4, -0.2) is 15.0 Å². The predicted octanol–water partition coefficient (Wildman–Crippen LogP) is 1.70. The Balaban J connectivity index is 1.98. The molecule has 0 saturated carbocycles. The minimum atomic E-state index is 1.01. The van der Waals surface area contributed by atoms with Crippen molar-refractivity contribution < 1.29 is 0 Å². The molecule has 0 atom stereocenters. The summed E-state index contributed by atoms with van der Waals surface area (Å²) in [6.07, 6.45) is 4.25. The van der Waals surface area contributed by atoms with Crippen LogP contribution in [0.25, 0.3) is 0 Å². The molecular formula is C13H15N3. The average molecular weight is 213 g/mol. The molecule has 3 heteroatoms. The summed E-state index contributed by atoms with van der Waals surface area (Å²) in [7, 11) is 1.99. The molecule has 0 aliphatic heterocycles. The SMILES string of the molecule is Cn1nnc2c1CCc1ccccc1CC2. The number of aromatic nitrogens is 3. The van der Waals surface area contributed by atoms with Gasteiger partial charge in [-0.15, -0.1) is 5.10 Å². The summed E-state index contributed by atoms with van der Waals surface area (Å²) in [6.45, 7) is 0. The first-order valence-corrected chi connectivity index (χ1v) is 5.79. The van der Waals surface area contributed by atoms with E-state index in [2.05, 4.69) is 34.6 Å². The summed E-state index contributed by atoms with van der Waals surface area (Å²) in [5.74, 6) is 0. The lowest BCUT2D eigenvalue weighted by Gasteiger charge is -2.13. The minimum Gasteiger partial charge on any atom is -0.252 e. The van der Waals surface area contributed by atoms with Gasteiger partial charge in [-0.05, 0) is 36.8 Å². The van der Waals surface area contributed by atoms with Crippen LogP contribution in [0.1, 0.15) is 22.5 Å². The molecule has 3 nitrogen and oxygen atoms in total. The second kappa shape index (κ2) is 3.74. The van der Waals surface area contributed by atoms with Gasteiger partial charge in [0.25, 0.3) is 0 Å². The third-order valence-electron chi connectivity index (χ3n) is 3.40. The van der Waals surface area contributed by atoms with Crippen LogP contribution < -0.4 is 0 Å². The number of hydrogen-bond donors (Lipinski definition) is 0. The molecule has 16 heavy (non-hydrogen) atoms. The van der Waals surface area contributed by atoms with Gasteiger partial charge in [0, 0.05) is 7.05 Å². The number of fused-ring (bicyclic) bond motifs is 2. The Hall–Kier alpha value is -1.64. The predicted molar refractivity (Wildman–Crippen MR) is 62.3 cm³/mol. The minimum absolute atomic E-state index is 1.01. The Bertz CT molecular complexity index is 514. The van der Waals surface area contributed by atoms with E-state index in [-0.39, 0.29) is 0 Å². The molecule has 1 aromatic heterocycles. The summed E-state index contributed by atoms with van der Waals surface area (Å²) in [4.78, 5) is 0. The van der Waals surface area contributed by atoms with Crippen LogP contribution in [0.15, 0.2) is 24.3 Å². The molecule has 2 aromatic rings. The Morgan fingerprint density at radius 2 is 1.69 bits per heavy atom. The largest absolute Gasteiger partial charge is 0.252 e. The molecule has 0 radical (unpaired) electrons. The van der Waals surface area contributed by atoms with Crippen LogP contribution in [0.4, 0.5) is 0 Å². The van der Waals surface area contributed by atoms with E-state index >= 15 is 0 Å². The quantitative estimate of drug-likeness (QED) is 0.667. The molecule has 0 N–H and O–H groups in total. The summed E-state index contributed by atoms with van der Waals surface area (Å²) < 4.78 is 1.92. The van der Waals surface area contributed by atoms with Crippen LogP contribution >= 0.6 is 0 Å². The van der Waals surface area contributed by atoms with Gasteiger partial charge in [-0.25, -0.2) is 0 Å². The van der Waals surface area contributed by atoms with E-state index in [0.29, 0.717) is 0 Å². The molecule has 1 aliphatic carbocycles. The van der Waals surface area contributed by atoms with E-state index in [1.807, 2.05) is 11.7 Å². The maximum absolute atomic E-state index is 4.24. The highest BCUT2D eigenvalue weighted by molar-refractivity contribution is 5.31. The molecular weight excluding hydrogens is 198 g/mol. The van der Waals surface area contributed by atoms with Crippen LogP contribution in [0.2, 0.25) is 0 Å². The fourth-order valence-corrected chi connectivity index (χ4v) is 2.47. The van der Waals surface area contributed by atoms with Crippen molar-refractivity contribution in [3.05, 3.63) is 46.8 Å². The number of aryl methyl sites for hydroxylation is 4. The smallest absolute Gasteiger partial charge is 0.0862 e. The molecule has 3 rings (SSSR count). The molecule has 0 saturated heterocycles. The molecule has 0 spiro atoms. The van der Waals surface area contributed by atoms with Crippen molar-refractivity contribution in [3.63, 3.8) is 0 Å². The molecule has 0 amide bonds. The molecule has 0 fully saturated rings. The fraction of sp³-hybridized carbons (Fsp3) is 0.385. The van der Waals surface area contributed by atoms with Crippen molar-refractivity contribution in [1.82, 2.24) is 15.0 Å². The Labute approximate surface area is 95.1 Å². The van der Waals surface area contributed by atoms with Crippen molar-refractivity contribution >= 4 is 0 Å². The first-order valence-electron chi connectivity index (χ1n) is 5.79. The lowest BCUT2D eigenvalue weighted by Crippen LogP contribution is -2.08. The van der Waals surface area contributed by atoms with Crippen LogP contribution in [-0.2, 0) is 32.7 Å². The number of benzene rings is 1. The highest BCUT2D eigenvalue weighted by atomic mass is 15.4. The topological polar surface area (TPSA) is 30.7 Å². The number of rotatable bonds is 0. The maximum Gasteiger partial charge on any atom is 0.0862 e. The first-order chi connectivity index (χ1) is 7.84. The van der Waals surface area contributed by atoms with Gasteiger partial charge in [0.15, 0.2) is 0 Å². The van der Waals surface area contributed by atoms with Crippen molar-refractivity contribution in [2.45, 2.75) is 25.7 Å². The van der Waals surface area contributed by atoms with E-state index in [4.69, 9.17) is 0 Å². The van der Waals surface area contributed by atoms with Gasteiger partial charge in [-0.1, -0.05) is 29.5 Å². The molecule has 1 aliphatic rings. The van der Waals surface area contributed by atoms with Gasteiger partial charge in [0.1, 0.15) is 0 Å². The zero-order chi connectivity index (χ0) is 11.0. The van der Waals surface area contributed by atoms with E-state index in [1.54, 1.807) is 0 Å². The third kappa shape index (κ3) is 1.52. The summed E-state index contributed by atoms with van der Waals surface area (Å²) in [6, 6.07) is 8.72. The fourth-order valence-electron chi connectivity index (χ4n) is 2.47. The maximum atomic E-state index is 4.24. The van der Waals surface area contributed by atoms with Crippen LogP contribution in [0, 0.1) is 0 Å². The summed E-state index contributed by atoms with van der Waals surface area (Å²) in [5, 5.41) is 8.35. The van der Waals surface area contributed by atoms with Gasteiger partial charge in [0.05, 0.1) is 11.4 Å². The lowest BCUT2D eigenvalue weighted by molar-refractivity contribution is 0.671. The molecule has 1 aromatic carbocycles. The van der Waals surface area contributed by atoms with Crippen molar-refractivity contribution in [1.29, 1.82) is 0 Å². The molecule has 1 heterocycles. The van der Waals surface area contributed by atoms with Gasteiger partial charge >= 0.3 is 0 Å². The summed E-state index contributed by atoms with van der Waals surface area (Å²) >= 11 is 0. The zero-order valence-electron chi connectivity index (χ0n) is 9.48.